The van der Waals surface area contributed by atoms with Crippen LogP contribution in [-0.2, 0) is 4.79 Å². The molecule has 1 rings (SSSR count). The van der Waals surface area contributed by atoms with Gasteiger partial charge in [-0.3, -0.25) is 4.79 Å². The van der Waals surface area contributed by atoms with Crippen molar-refractivity contribution >= 4 is 21.9 Å². The Morgan fingerprint density at radius 1 is 1.50 bits per heavy atom. The monoisotopic (exact) mass is 287 g/mol. The van der Waals surface area contributed by atoms with Gasteiger partial charge in [-0.2, -0.15) is 0 Å². The summed E-state index contributed by atoms with van der Waals surface area (Å²) in [7, 11) is 1.60. The van der Waals surface area contributed by atoms with Crippen molar-refractivity contribution in [2.45, 2.75) is 12.5 Å². The average molecular weight is 288 g/mol. The van der Waals surface area contributed by atoms with Gasteiger partial charge in [0, 0.05) is 4.47 Å². The number of hydrogen-bond donors (Lipinski definition) is 2. The number of nitrogens with one attached hydrogen (secondary N) is 1. The number of carboxylic acid groups (broad SMARTS) is 1. The fourth-order valence-electron chi connectivity index (χ4n) is 0.999. The first kappa shape index (κ1) is 13.0. The molecule has 2 N–H and O–H groups in total. The third kappa shape index (κ3) is 3.21. The van der Waals surface area contributed by atoms with Crippen LogP contribution in [0.2, 0.25) is 0 Å². The molecule has 0 saturated heterocycles. The molecule has 0 aliphatic rings. The molecular weight excluding hydrogens is 274 g/mol. The summed E-state index contributed by atoms with van der Waals surface area (Å²) >= 11 is 3.31. The maximum atomic E-state index is 11.0. The number of halogens is 1. The number of aliphatic carboxylic acids is 1. The standard InChI is InChI=1S/C11H14BrNO3/c1-11(13-2,10(14)15)7-16-9-5-3-8(12)4-6-9/h3-6,13H,7H2,1-2H3,(H,14,15). The number of carboxylic acids is 1. The van der Waals surface area contributed by atoms with Crippen molar-refractivity contribution in [3.05, 3.63) is 28.7 Å². The van der Waals surface area contributed by atoms with Crippen LogP contribution >= 0.6 is 15.9 Å². The first-order valence-corrected chi connectivity index (χ1v) is 5.58. The fourth-order valence-corrected chi connectivity index (χ4v) is 1.26. The van der Waals surface area contributed by atoms with E-state index in [4.69, 9.17) is 9.84 Å². The van der Waals surface area contributed by atoms with Gasteiger partial charge in [-0.1, -0.05) is 15.9 Å². The zero-order valence-corrected chi connectivity index (χ0v) is 10.7. The largest absolute Gasteiger partial charge is 0.491 e. The van der Waals surface area contributed by atoms with Gasteiger partial charge in [-0.25, -0.2) is 0 Å². The third-order valence-corrected chi connectivity index (χ3v) is 2.89. The second-order valence-corrected chi connectivity index (χ2v) is 4.55. The van der Waals surface area contributed by atoms with E-state index in [1.54, 1.807) is 26.1 Å². The Hall–Kier alpha value is -1.07. The van der Waals surface area contributed by atoms with Crippen LogP contribution in [-0.4, -0.2) is 30.3 Å². The predicted molar refractivity (Wildman–Crippen MR) is 64.7 cm³/mol. The second-order valence-electron chi connectivity index (χ2n) is 3.63. The van der Waals surface area contributed by atoms with Crippen molar-refractivity contribution < 1.29 is 14.6 Å². The van der Waals surface area contributed by atoms with Gasteiger partial charge < -0.3 is 15.2 Å². The topological polar surface area (TPSA) is 58.6 Å². The van der Waals surface area contributed by atoms with Gasteiger partial charge in [-0.05, 0) is 38.2 Å². The lowest BCUT2D eigenvalue weighted by molar-refractivity contribution is -0.145. The summed E-state index contributed by atoms with van der Waals surface area (Å²) in [6, 6.07) is 7.24. The summed E-state index contributed by atoms with van der Waals surface area (Å²) < 4.78 is 6.37. The molecule has 88 valence electrons. The summed E-state index contributed by atoms with van der Waals surface area (Å²) in [4.78, 5) is 11.0. The van der Waals surface area contributed by atoms with Crippen LogP contribution in [0.25, 0.3) is 0 Å². The molecule has 0 bridgehead atoms. The van der Waals surface area contributed by atoms with Crippen molar-refractivity contribution in [2.24, 2.45) is 0 Å². The van der Waals surface area contributed by atoms with E-state index in [9.17, 15) is 4.79 Å². The molecule has 1 aromatic carbocycles. The molecule has 0 fully saturated rings. The molecule has 4 nitrogen and oxygen atoms in total. The Kier molecular flexibility index (Phi) is 4.32. The quantitative estimate of drug-likeness (QED) is 0.868. The van der Waals surface area contributed by atoms with Crippen molar-refractivity contribution in [2.75, 3.05) is 13.7 Å². The van der Waals surface area contributed by atoms with Crippen LogP contribution in [0.5, 0.6) is 5.75 Å². The maximum Gasteiger partial charge on any atom is 0.327 e. The summed E-state index contributed by atoms with van der Waals surface area (Å²) in [5.41, 5.74) is -1.08. The van der Waals surface area contributed by atoms with Gasteiger partial charge in [0.15, 0.2) is 0 Å². The first-order valence-electron chi connectivity index (χ1n) is 4.78. The fraction of sp³-hybridized carbons (Fsp3) is 0.364. The Bertz CT molecular complexity index is 366. The highest BCUT2D eigenvalue weighted by Crippen LogP contribution is 2.17. The predicted octanol–water partition coefficient (Wildman–Crippen LogP) is 1.89. The van der Waals surface area contributed by atoms with E-state index in [-0.39, 0.29) is 6.61 Å². The van der Waals surface area contributed by atoms with E-state index in [0.29, 0.717) is 5.75 Å². The zero-order chi connectivity index (χ0) is 12.2. The minimum atomic E-state index is -1.08. The molecule has 1 atom stereocenters. The lowest BCUT2D eigenvalue weighted by atomic mass is 10.1. The maximum absolute atomic E-state index is 11.0. The Morgan fingerprint density at radius 3 is 2.50 bits per heavy atom. The van der Waals surface area contributed by atoms with Crippen molar-refractivity contribution in [1.29, 1.82) is 0 Å². The van der Waals surface area contributed by atoms with Crippen LogP contribution in [0.15, 0.2) is 28.7 Å². The van der Waals surface area contributed by atoms with Crippen LogP contribution < -0.4 is 10.1 Å². The average Bonchev–Trinajstić information content (AvgIpc) is 2.27. The van der Waals surface area contributed by atoms with Crippen molar-refractivity contribution in [3.63, 3.8) is 0 Å². The van der Waals surface area contributed by atoms with E-state index in [1.807, 2.05) is 12.1 Å². The first-order chi connectivity index (χ1) is 7.48. The van der Waals surface area contributed by atoms with Gasteiger partial charge in [0.2, 0.25) is 0 Å². The SMILES string of the molecule is CNC(C)(COc1ccc(Br)cc1)C(=O)O. The highest BCUT2D eigenvalue weighted by atomic mass is 79.9. The molecule has 0 amide bonds. The number of hydrogen-bond acceptors (Lipinski definition) is 3. The van der Waals surface area contributed by atoms with Crippen molar-refractivity contribution in [1.82, 2.24) is 5.32 Å². The zero-order valence-electron chi connectivity index (χ0n) is 9.16. The van der Waals surface area contributed by atoms with E-state index in [2.05, 4.69) is 21.2 Å². The molecule has 16 heavy (non-hydrogen) atoms. The van der Waals surface area contributed by atoms with Crippen LogP contribution in [0, 0.1) is 0 Å². The molecule has 1 unspecified atom stereocenters. The number of carbonyl (C=O) groups is 1. The molecule has 5 heteroatoms. The molecule has 0 radical (unpaired) electrons. The van der Waals surface area contributed by atoms with Crippen LogP contribution in [0.1, 0.15) is 6.92 Å². The molecule has 0 saturated carbocycles. The van der Waals surface area contributed by atoms with Gasteiger partial charge in [0.25, 0.3) is 0 Å². The number of benzene rings is 1. The Labute approximate surface area is 103 Å². The van der Waals surface area contributed by atoms with Gasteiger partial charge in [0.1, 0.15) is 17.9 Å². The molecule has 0 aromatic heterocycles. The molecule has 0 spiro atoms. The summed E-state index contributed by atoms with van der Waals surface area (Å²) in [5.74, 6) is -0.293. The number of ether oxygens (including phenoxy) is 1. The lowest BCUT2D eigenvalue weighted by Crippen LogP contribution is -2.52. The van der Waals surface area contributed by atoms with E-state index in [0.717, 1.165) is 4.47 Å². The van der Waals surface area contributed by atoms with Crippen LogP contribution in [0.3, 0.4) is 0 Å². The summed E-state index contributed by atoms with van der Waals surface area (Å²) in [6.07, 6.45) is 0. The molecule has 1 aromatic rings. The van der Waals surface area contributed by atoms with Crippen LogP contribution in [0.4, 0.5) is 0 Å². The molecule has 0 aliphatic heterocycles. The Morgan fingerprint density at radius 2 is 2.06 bits per heavy atom. The summed E-state index contributed by atoms with van der Waals surface area (Å²) in [6.45, 7) is 1.65. The van der Waals surface area contributed by atoms with Gasteiger partial charge in [0.05, 0.1) is 0 Å². The highest BCUT2D eigenvalue weighted by Gasteiger charge is 2.32. The Balaban J connectivity index is 2.63. The van der Waals surface area contributed by atoms with E-state index in [1.165, 1.54) is 0 Å². The van der Waals surface area contributed by atoms with E-state index >= 15 is 0 Å². The number of likely N-dealkylation sites (N-methyl/N-ethyl adjacent to an activating group) is 1. The van der Waals surface area contributed by atoms with E-state index < -0.39 is 11.5 Å². The third-order valence-electron chi connectivity index (χ3n) is 2.36. The smallest absolute Gasteiger partial charge is 0.327 e. The van der Waals surface area contributed by atoms with Gasteiger partial charge >= 0.3 is 5.97 Å². The lowest BCUT2D eigenvalue weighted by Gasteiger charge is -2.24. The minimum Gasteiger partial charge on any atom is -0.491 e. The van der Waals surface area contributed by atoms with Gasteiger partial charge in [-0.15, -0.1) is 0 Å². The highest BCUT2D eigenvalue weighted by molar-refractivity contribution is 9.10. The normalized spacial score (nSPS) is 14.2. The molecular formula is C11H14BrNO3. The molecule has 0 heterocycles. The molecule has 0 aliphatic carbocycles. The number of rotatable bonds is 5. The second kappa shape index (κ2) is 5.32. The summed E-state index contributed by atoms with van der Waals surface area (Å²) in [5, 5.41) is 11.7. The van der Waals surface area contributed by atoms with Crippen molar-refractivity contribution in [3.8, 4) is 5.75 Å². The minimum absolute atomic E-state index is 0.0699.